The smallest absolute Gasteiger partial charge is 0.275 e. The predicted octanol–water partition coefficient (Wildman–Crippen LogP) is 4.08. The Kier molecular flexibility index (Phi) is 6.75. The second kappa shape index (κ2) is 9.45. The van der Waals surface area contributed by atoms with Crippen molar-refractivity contribution in [2.24, 2.45) is 0 Å². The van der Waals surface area contributed by atoms with Gasteiger partial charge in [-0.3, -0.25) is 9.59 Å². The summed E-state index contributed by atoms with van der Waals surface area (Å²) in [5.74, 6) is 0.197. The van der Waals surface area contributed by atoms with E-state index in [1.165, 1.54) is 0 Å². The van der Waals surface area contributed by atoms with Crippen molar-refractivity contribution in [2.75, 3.05) is 5.32 Å². The van der Waals surface area contributed by atoms with Crippen LogP contribution in [0.1, 0.15) is 45.1 Å². The lowest BCUT2D eigenvalue weighted by Gasteiger charge is -2.18. The molecule has 1 aromatic heterocycles. The second-order valence-corrected chi connectivity index (χ2v) is 7.27. The largest absolute Gasteiger partial charge is 0.508 e. The molecule has 0 unspecified atom stereocenters. The molecule has 0 atom stereocenters. The van der Waals surface area contributed by atoms with Crippen LogP contribution in [0.15, 0.2) is 52.1 Å². The number of aromatic hydroxyl groups is 1. The van der Waals surface area contributed by atoms with Gasteiger partial charge in [0.25, 0.3) is 11.1 Å². The van der Waals surface area contributed by atoms with E-state index >= 15 is 0 Å². The number of unbranched alkanes of at least 4 members (excludes halogenated alkanes) is 2. The summed E-state index contributed by atoms with van der Waals surface area (Å²) in [6.07, 6.45) is 3.58. The predicted molar refractivity (Wildman–Crippen MR) is 118 cm³/mol. The molecule has 1 heterocycles. The Balaban J connectivity index is 2.10. The number of hydrogen-bond donors (Lipinski definition) is 2. The standard InChI is InChI=1S/C23H29N3O3/c1-3-5-14-25-22(28)18-11-9-12-19(21(18)23(29)26(25)15-6-4-2)24-16-17-10-7-8-13-20(17)27/h7-13,24,27H,3-6,14-16H2,1-2H3. The highest BCUT2D eigenvalue weighted by atomic mass is 16.3. The van der Waals surface area contributed by atoms with Crippen LogP contribution >= 0.6 is 0 Å². The van der Waals surface area contributed by atoms with Gasteiger partial charge in [0.1, 0.15) is 5.75 Å². The molecule has 0 aliphatic rings. The molecule has 0 spiro atoms. The number of rotatable bonds is 9. The van der Waals surface area contributed by atoms with Gasteiger partial charge >= 0.3 is 0 Å². The van der Waals surface area contributed by atoms with Gasteiger partial charge in [0.05, 0.1) is 10.8 Å². The van der Waals surface area contributed by atoms with Gasteiger partial charge in [0, 0.05) is 30.9 Å². The average molecular weight is 396 g/mol. The maximum absolute atomic E-state index is 13.4. The number of phenols is 1. The monoisotopic (exact) mass is 395 g/mol. The summed E-state index contributed by atoms with van der Waals surface area (Å²) in [4.78, 5) is 26.6. The fourth-order valence-corrected chi connectivity index (χ4v) is 3.51. The Labute approximate surface area is 170 Å². The Morgan fingerprint density at radius 3 is 2.17 bits per heavy atom. The number of phenolic OH excluding ortho intramolecular Hbond substituents is 1. The third kappa shape index (κ3) is 4.36. The van der Waals surface area contributed by atoms with Gasteiger partial charge in [0.15, 0.2) is 0 Å². The van der Waals surface area contributed by atoms with Crippen molar-refractivity contribution in [3.05, 3.63) is 68.7 Å². The van der Waals surface area contributed by atoms with Gasteiger partial charge in [-0.15, -0.1) is 0 Å². The Morgan fingerprint density at radius 2 is 1.52 bits per heavy atom. The van der Waals surface area contributed by atoms with Crippen LogP contribution in [-0.4, -0.2) is 14.5 Å². The molecule has 29 heavy (non-hydrogen) atoms. The number of para-hydroxylation sites is 1. The third-order valence-electron chi connectivity index (χ3n) is 5.18. The van der Waals surface area contributed by atoms with Gasteiger partial charge < -0.3 is 10.4 Å². The number of anilines is 1. The molecule has 2 N–H and O–H groups in total. The van der Waals surface area contributed by atoms with Crippen LogP contribution in [0.25, 0.3) is 10.8 Å². The normalized spacial score (nSPS) is 11.1. The third-order valence-corrected chi connectivity index (χ3v) is 5.18. The van der Waals surface area contributed by atoms with E-state index in [0.29, 0.717) is 36.1 Å². The van der Waals surface area contributed by atoms with Gasteiger partial charge in [-0.2, -0.15) is 0 Å². The number of nitrogens with one attached hydrogen (secondary N) is 1. The fraction of sp³-hybridized carbons (Fsp3) is 0.391. The van der Waals surface area contributed by atoms with Crippen LogP contribution in [0.3, 0.4) is 0 Å². The molecular weight excluding hydrogens is 366 g/mol. The van der Waals surface area contributed by atoms with E-state index in [2.05, 4.69) is 19.2 Å². The summed E-state index contributed by atoms with van der Waals surface area (Å²) in [6, 6.07) is 12.4. The van der Waals surface area contributed by atoms with E-state index in [9.17, 15) is 14.7 Å². The van der Waals surface area contributed by atoms with E-state index < -0.39 is 0 Å². The lowest BCUT2D eigenvalue weighted by atomic mass is 10.1. The van der Waals surface area contributed by atoms with E-state index in [1.54, 1.807) is 33.6 Å². The summed E-state index contributed by atoms with van der Waals surface area (Å²) in [5, 5.41) is 14.1. The SMILES string of the molecule is CCCCn1c(=O)c2cccc(NCc3ccccc3O)c2c(=O)n1CCCC. The van der Waals surface area contributed by atoms with E-state index in [0.717, 1.165) is 31.2 Å². The molecule has 0 amide bonds. The second-order valence-electron chi connectivity index (χ2n) is 7.27. The molecule has 0 aliphatic heterocycles. The summed E-state index contributed by atoms with van der Waals surface area (Å²) < 4.78 is 3.21. The Hall–Kier alpha value is -3.02. The Bertz CT molecular complexity index is 1100. The van der Waals surface area contributed by atoms with Crippen molar-refractivity contribution in [3.8, 4) is 5.75 Å². The van der Waals surface area contributed by atoms with Crippen LogP contribution in [0, 0.1) is 0 Å². The van der Waals surface area contributed by atoms with Gasteiger partial charge in [-0.25, -0.2) is 9.36 Å². The molecule has 0 saturated carbocycles. The lowest BCUT2D eigenvalue weighted by Crippen LogP contribution is -2.39. The summed E-state index contributed by atoms with van der Waals surface area (Å²) in [6.45, 7) is 5.57. The molecule has 0 saturated heterocycles. The van der Waals surface area contributed by atoms with Crippen LogP contribution in [0.2, 0.25) is 0 Å². The number of aromatic nitrogens is 2. The van der Waals surface area contributed by atoms with Crippen molar-refractivity contribution in [1.29, 1.82) is 0 Å². The van der Waals surface area contributed by atoms with Crippen LogP contribution in [-0.2, 0) is 19.6 Å². The molecule has 6 nitrogen and oxygen atoms in total. The van der Waals surface area contributed by atoms with E-state index in [4.69, 9.17) is 0 Å². The number of fused-ring (bicyclic) bond motifs is 1. The minimum absolute atomic E-state index is 0.129. The molecule has 0 radical (unpaired) electrons. The summed E-state index contributed by atoms with van der Waals surface area (Å²) in [7, 11) is 0. The maximum atomic E-state index is 13.4. The van der Waals surface area contributed by atoms with Gasteiger partial charge in [0.2, 0.25) is 0 Å². The van der Waals surface area contributed by atoms with Crippen molar-refractivity contribution >= 4 is 16.5 Å². The highest BCUT2D eigenvalue weighted by Gasteiger charge is 2.16. The van der Waals surface area contributed by atoms with E-state index in [1.807, 2.05) is 18.2 Å². The van der Waals surface area contributed by atoms with Crippen LogP contribution in [0.4, 0.5) is 5.69 Å². The maximum Gasteiger partial charge on any atom is 0.275 e. The first-order valence-corrected chi connectivity index (χ1v) is 10.4. The zero-order valence-electron chi connectivity index (χ0n) is 17.1. The number of nitrogens with zero attached hydrogens (tertiary/aromatic N) is 2. The van der Waals surface area contributed by atoms with Gasteiger partial charge in [-0.05, 0) is 31.0 Å². The first-order valence-electron chi connectivity index (χ1n) is 10.4. The molecular formula is C23H29N3O3. The molecule has 0 fully saturated rings. The molecule has 3 aromatic rings. The van der Waals surface area contributed by atoms with Crippen molar-refractivity contribution < 1.29 is 5.11 Å². The molecule has 6 heteroatoms. The Morgan fingerprint density at radius 1 is 0.862 bits per heavy atom. The zero-order valence-corrected chi connectivity index (χ0v) is 17.1. The number of hydrogen-bond acceptors (Lipinski definition) is 4. The topological polar surface area (TPSA) is 76.3 Å². The molecule has 2 aromatic carbocycles. The average Bonchev–Trinajstić information content (AvgIpc) is 2.73. The lowest BCUT2D eigenvalue weighted by molar-refractivity contribution is 0.397. The molecule has 0 bridgehead atoms. The number of benzene rings is 2. The zero-order chi connectivity index (χ0) is 20.8. The van der Waals surface area contributed by atoms with Crippen molar-refractivity contribution in [2.45, 2.75) is 59.2 Å². The van der Waals surface area contributed by atoms with Crippen LogP contribution in [0.5, 0.6) is 5.75 Å². The summed E-state index contributed by atoms with van der Waals surface area (Å²) >= 11 is 0. The molecule has 3 rings (SSSR count). The minimum atomic E-state index is -0.149. The highest BCUT2D eigenvalue weighted by Crippen LogP contribution is 2.21. The van der Waals surface area contributed by atoms with Crippen molar-refractivity contribution in [1.82, 2.24) is 9.36 Å². The minimum Gasteiger partial charge on any atom is -0.508 e. The summed E-state index contributed by atoms with van der Waals surface area (Å²) in [5.41, 5.74) is 1.06. The first-order chi connectivity index (χ1) is 14.1. The quantitative estimate of drug-likeness (QED) is 0.572. The van der Waals surface area contributed by atoms with E-state index in [-0.39, 0.29) is 16.9 Å². The highest BCUT2D eigenvalue weighted by molar-refractivity contribution is 5.92. The van der Waals surface area contributed by atoms with Gasteiger partial charge in [-0.1, -0.05) is 51.0 Å². The fourth-order valence-electron chi connectivity index (χ4n) is 3.51. The molecule has 0 aliphatic carbocycles. The van der Waals surface area contributed by atoms with Crippen molar-refractivity contribution in [3.63, 3.8) is 0 Å². The molecule has 154 valence electrons. The first kappa shape index (κ1) is 20.7. The van der Waals surface area contributed by atoms with Crippen LogP contribution < -0.4 is 16.4 Å².